The van der Waals surface area contributed by atoms with Crippen molar-refractivity contribution in [2.45, 2.75) is 32.6 Å². The van der Waals surface area contributed by atoms with Crippen LogP contribution in [-0.2, 0) is 11.3 Å². The van der Waals surface area contributed by atoms with Gasteiger partial charge in [0.2, 0.25) is 0 Å². The lowest BCUT2D eigenvalue weighted by Gasteiger charge is -2.35. The summed E-state index contributed by atoms with van der Waals surface area (Å²) in [5.41, 5.74) is 2.58. The van der Waals surface area contributed by atoms with Crippen molar-refractivity contribution in [1.82, 2.24) is 14.7 Å². The van der Waals surface area contributed by atoms with E-state index >= 15 is 0 Å². The lowest BCUT2D eigenvalue weighted by Crippen LogP contribution is -2.48. The molecule has 27 heavy (non-hydrogen) atoms. The Morgan fingerprint density at radius 2 is 1.89 bits per heavy atom. The number of carbonyl (C=O) groups excluding carboxylic acids is 1. The third-order valence-electron chi connectivity index (χ3n) is 4.64. The molecule has 6 heteroatoms. The molecule has 0 bridgehead atoms. The molecule has 3 aromatic rings. The molecule has 1 aliphatic heterocycles. The maximum absolute atomic E-state index is 13.3. The highest BCUT2D eigenvalue weighted by Crippen LogP contribution is 2.28. The Kier molecular flexibility index (Phi) is 5.09. The molecular weight excluding hydrogens is 358 g/mol. The van der Waals surface area contributed by atoms with Gasteiger partial charge in [-0.25, -0.2) is 0 Å². The maximum atomic E-state index is 13.3. The zero-order chi connectivity index (χ0) is 18.8. The van der Waals surface area contributed by atoms with Gasteiger partial charge in [0.15, 0.2) is 0 Å². The SMILES string of the molecule is C[C@@H]1CN(C(=O)c2cn(Cc3ccccc3)nc2-c2cccs2)C[C@@H](C)O1. The lowest BCUT2D eigenvalue weighted by molar-refractivity contribution is -0.0586. The van der Waals surface area contributed by atoms with Crippen LogP contribution < -0.4 is 0 Å². The number of hydrogen-bond acceptors (Lipinski definition) is 4. The number of carbonyl (C=O) groups is 1. The highest BCUT2D eigenvalue weighted by molar-refractivity contribution is 7.13. The first-order valence-electron chi connectivity index (χ1n) is 9.20. The maximum Gasteiger partial charge on any atom is 0.257 e. The smallest absolute Gasteiger partial charge is 0.257 e. The van der Waals surface area contributed by atoms with Gasteiger partial charge in [0, 0.05) is 19.3 Å². The zero-order valence-electron chi connectivity index (χ0n) is 15.5. The number of benzene rings is 1. The fraction of sp³-hybridized carbons (Fsp3) is 0.333. The monoisotopic (exact) mass is 381 g/mol. The molecule has 1 aromatic carbocycles. The zero-order valence-corrected chi connectivity index (χ0v) is 16.4. The van der Waals surface area contributed by atoms with Gasteiger partial charge in [-0.1, -0.05) is 36.4 Å². The molecule has 0 unspecified atom stereocenters. The van der Waals surface area contributed by atoms with Crippen molar-refractivity contribution in [2.75, 3.05) is 13.1 Å². The fourth-order valence-corrected chi connectivity index (χ4v) is 4.26. The predicted octanol–water partition coefficient (Wildman–Crippen LogP) is 3.91. The normalized spacial score (nSPS) is 20.0. The Morgan fingerprint density at radius 1 is 1.15 bits per heavy atom. The Bertz CT molecular complexity index is 895. The molecule has 1 aliphatic rings. The number of aromatic nitrogens is 2. The second-order valence-electron chi connectivity index (χ2n) is 7.02. The minimum absolute atomic E-state index is 0.0275. The number of morpholine rings is 1. The number of amides is 1. The van der Waals surface area contributed by atoms with Crippen molar-refractivity contribution in [3.05, 3.63) is 65.2 Å². The van der Waals surface area contributed by atoms with E-state index in [-0.39, 0.29) is 18.1 Å². The molecule has 4 rings (SSSR count). The minimum atomic E-state index is 0.0275. The van der Waals surface area contributed by atoms with Gasteiger partial charge in [-0.3, -0.25) is 9.48 Å². The molecule has 5 nitrogen and oxygen atoms in total. The van der Waals surface area contributed by atoms with Gasteiger partial charge in [0.1, 0.15) is 5.69 Å². The molecule has 0 aliphatic carbocycles. The van der Waals surface area contributed by atoms with Crippen molar-refractivity contribution in [2.24, 2.45) is 0 Å². The second kappa shape index (κ2) is 7.66. The first-order chi connectivity index (χ1) is 13.1. The first-order valence-corrected chi connectivity index (χ1v) is 10.1. The van der Waals surface area contributed by atoms with Crippen LogP contribution in [0.4, 0.5) is 0 Å². The van der Waals surface area contributed by atoms with Crippen molar-refractivity contribution in [3.8, 4) is 10.6 Å². The van der Waals surface area contributed by atoms with Crippen LogP contribution in [0.1, 0.15) is 29.8 Å². The summed E-state index contributed by atoms with van der Waals surface area (Å²) < 4.78 is 7.64. The molecule has 2 atom stereocenters. The van der Waals surface area contributed by atoms with Crippen LogP contribution in [-0.4, -0.2) is 45.9 Å². The summed E-state index contributed by atoms with van der Waals surface area (Å²) in [7, 11) is 0. The minimum Gasteiger partial charge on any atom is -0.372 e. The van der Waals surface area contributed by atoms with E-state index in [0.717, 1.165) is 16.1 Å². The van der Waals surface area contributed by atoms with Crippen LogP contribution in [0.15, 0.2) is 54.0 Å². The highest BCUT2D eigenvalue weighted by Gasteiger charge is 2.29. The summed E-state index contributed by atoms with van der Waals surface area (Å²) in [6.07, 6.45) is 1.97. The van der Waals surface area contributed by atoms with Crippen LogP contribution in [0.2, 0.25) is 0 Å². The van der Waals surface area contributed by atoms with E-state index in [9.17, 15) is 4.79 Å². The third kappa shape index (κ3) is 3.96. The summed E-state index contributed by atoms with van der Waals surface area (Å²) in [6.45, 7) is 5.88. The molecule has 2 aromatic heterocycles. The number of ether oxygens (including phenoxy) is 1. The van der Waals surface area contributed by atoms with Gasteiger partial charge < -0.3 is 9.64 Å². The average Bonchev–Trinajstić information content (AvgIpc) is 3.30. The van der Waals surface area contributed by atoms with Gasteiger partial charge in [-0.05, 0) is 30.9 Å². The van der Waals surface area contributed by atoms with Crippen molar-refractivity contribution < 1.29 is 9.53 Å². The molecule has 1 amide bonds. The van der Waals surface area contributed by atoms with Gasteiger partial charge >= 0.3 is 0 Å². The fourth-order valence-electron chi connectivity index (χ4n) is 3.54. The molecule has 0 radical (unpaired) electrons. The van der Waals surface area contributed by atoms with E-state index in [1.807, 2.05) is 65.3 Å². The van der Waals surface area contributed by atoms with Crippen LogP contribution in [0.5, 0.6) is 0 Å². The summed E-state index contributed by atoms with van der Waals surface area (Å²) in [5.74, 6) is 0.0275. The lowest BCUT2D eigenvalue weighted by atomic mass is 10.1. The van der Waals surface area contributed by atoms with Crippen LogP contribution >= 0.6 is 11.3 Å². The van der Waals surface area contributed by atoms with E-state index in [0.29, 0.717) is 25.2 Å². The largest absolute Gasteiger partial charge is 0.372 e. The van der Waals surface area contributed by atoms with Crippen molar-refractivity contribution >= 4 is 17.2 Å². The summed E-state index contributed by atoms with van der Waals surface area (Å²) >= 11 is 1.60. The van der Waals surface area contributed by atoms with Gasteiger partial charge in [-0.15, -0.1) is 11.3 Å². The number of thiophene rings is 1. The number of nitrogens with zero attached hydrogens (tertiary/aromatic N) is 3. The molecule has 1 saturated heterocycles. The second-order valence-corrected chi connectivity index (χ2v) is 7.97. The van der Waals surface area contributed by atoms with E-state index in [2.05, 4.69) is 12.1 Å². The van der Waals surface area contributed by atoms with E-state index in [1.54, 1.807) is 11.3 Å². The van der Waals surface area contributed by atoms with Gasteiger partial charge in [0.25, 0.3) is 5.91 Å². The summed E-state index contributed by atoms with van der Waals surface area (Å²) in [6, 6.07) is 14.2. The molecule has 140 valence electrons. The molecule has 0 saturated carbocycles. The predicted molar refractivity (Wildman–Crippen MR) is 107 cm³/mol. The van der Waals surface area contributed by atoms with E-state index < -0.39 is 0 Å². The standard InChI is InChI=1S/C21H23N3O2S/c1-15-11-23(12-16(2)26-15)21(25)18-14-24(13-17-7-4-3-5-8-17)22-20(18)19-9-6-10-27-19/h3-10,14-16H,11-13H2,1-2H3/t15-,16-/m1/s1. The van der Waals surface area contributed by atoms with Gasteiger partial charge in [0.05, 0.1) is 29.2 Å². The molecule has 3 heterocycles. The van der Waals surface area contributed by atoms with E-state index in [1.165, 1.54) is 0 Å². The third-order valence-corrected chi connectivity index (χ3v) is 5.52. The van der Waals surface area contributed by atoms with Crippen molar-refractivity contribution in [3.63, 3.8) is 0 Å². The molecule has 0 N–H and O–H groups in total. The number of hydrogen-bond donors (Lipinski definition) is 0. The first kappa shape index (κ1) is 17.9. The van der Waals surface area contributed by atoms with E-state index in [4.69, 9.17) is 9.84 Å². The average molecular weight is 382 g/mol. The van der Waals surface area contributed by atoms with Crippen LogP contribution in [0.3, 0.4) is 0 Å². The van der Waals surface area contributed by atoms with Crippen molar-refractivity contribution in [1.29, 1.82) is 0 Å². The topological polar surface area (TPSA) is 47.4 Å². The molecule has 0 spiro atoms. The van der Waals surface area contributed by atoms with Gasteiger partial charge in [-0.2, -0.15) is 5.10 Å². The Hall–Kier alpha value is -2.44. The van der Waals surface area contributed by atoms with Crippen LogP contribution in [0, 0.1) is 0 Å². The quantitative estimate of drug-likeness (QED) is 0.688. The Balaban J connectivity index is 1.67. The summed E-state index contributed by atoms with van der Waals surface area (Å²) in [4.78, 5) is 16.2. The molecular formula is C21H23N3O2S. The Morgan fingerprint density at radius 3 is 2.56 bits per heavy atom. The number of rotatable bonds is 4. The highest BCUT2D eigenvalue weighted by atomic mass is 32.1. The Labute approximate surface area is 163 Å². The summed E-state index contributed by atoms with van der Waals surface area (Å²) in [5, 5.41) is 6.76. The van der Waals surface area contributed by atoms with Crippen LogP contribution in [0.25, 0.3) is 10.6 Å². The molecule has 1 fully saturated rings.